The summed E-state index contributed by atoms with van der Waals surface area (Å²) < 4.78 is 14.4. The third-order valence-electron chi connectivity index (χ3n) is 4.42. The van der Waals surface area contributed by atoms with E-state index in [1.807, 2.05) is 0 Å². The minimum atomic E-state index is -1.05. The highest BCUT2D eigenvalue weighted by molar-refractivity contribution is 6.00. The van der Waals surface area contributed by atoms with Crippen molar-refractivity contribution in [2.24, 2.45) is 0 Å². The van der Waals surface area contributed by atoms with E-state index in [-0.39, 0.29) is 29.0 Å². The maximum Gasteiger partial charge on any atom is 0.336 e. The Labute approximate surface area is 166 Å². The smallest absolute Gasteiger partial charge is 0.336 e. The van der Waals surface area contributed by atoms with E-state index in [0.717, 1.165) is 7.11 Å². The van der Waals surface area contributed by atoms with E-state index in [0.29, 0.717) is 11.3 Å². The highest BCUT2D eigenvalue weighted by Crippen LogP contribution is 2.40. The summed E-state index contributed by atoms with van der Waals surface area (Å²) in [5.41, 5.74) is 0.613. The maximum absolute atomic E-state index is 12.6. The fourth-order valence-electron chi connectivity index (χ4n) is 3.14. The number of dihydropyridines is 1. The Morgan fingerprint density at radius 1 is 1.07 bits per heavy atom. The van der Waals surface area contributed by atoms with Gasteiger partial charge in [-0.05, 0) is 12.5 Å². The van der Waals surface area contributed by atoms with Crippen LogP contribution in [0.1, 0.15) is 24.8 Å². The van der Waals surface area contributed by atoms with E-state index in [1.54, 1.807) is 6.92 Å². The predicted octanol–water partition coefficient (Wildman–Crippen LogP) is 1.72. The van der Waals surface area contributed by atoms with Gasteiger partial charge in [-0.1, -0.05) is 12.1 Å². The van der Waals surface area contributed by atoms with E-state index in [2.05, 4.69) is 10.1 Å². The number of methoxy groups -OCH3 is 3. The van der Waals surface area contributed by atoms with Gasteiger partial charge in [-0.3, -0.25) is 14.9 Å². The van der Waals surface area contributed by atoms with Gasteiger partial charge in [0, 0.05) is 23.5 Å². The molecule has 0 saturated heterocycles. The number of rotatable bonds is 6. The second kappa shape index (κ2) is 9.00. The molecule has 0 aromatic heterocycles. The van der Waals surface area contributed by atoms with Gasteiger partial charge in [0.1, 0.15) is 0 Å². The molecule has 10 heteroatoms. The molecular formula is C19H20N2O8. The van der Waals surface area contributed by atoms with Gasteiger partial charge in [-0.15, -0.1) is 0 Å². The van der Waals surface area contributed by atoms with Crippen LogP contribution >= 0.6 is 0 Å². The van der Waals surface area contributed by atoms with Crippen molar-refractivity contribution in [3.63, 3.8) is 0 Å². The Balaban J connectivity index is 2.78. The molecule has 1 atom stereocenters. The average molecular weight is 404 g/mol. The van der Waals surface area contributed by atoms with Crippen LogP contribution in [0.15, 0.2) is 46.8 Å². The minimum Gasteiger partial charge on any atom is -0.469 e. The number of ether oxygens (including phenoxy) is 3. The lowest BCUT2D eigenvalue weighted by Gasteiger charge is -2.30. The molecule has 0 amide bonds. The number of carbonyl (C=O) groups is 3. The largest absolute Gasteiger partial charge is 0.469 e. The summed E-state index contributed by atoms with van der Waals surface area (Å²) in [5, 5.41) is 14.1. The topological polar surface area (TPSA) is 134 Å². The summed E-state index contributed by atoms with van der Waals surface area (Å²) in [6.45, 7) is 1.57. The van der Waals surface area contributed by atoms with Crippen molar-refractivity contribution in [1.29, 1.82) is 0 Å². The van der Waals surface area contributed by atoms with Crippen LogP contribution in [0.4, 0.5) is 5.69 Å². The highest BCUT2D eigenvalue weighted by atomic mass is 16.6. The molecule has 154 valence electrons. The van der Waals surface area contributed by atoms with Gasteiger partial charge in [-0.25, -0.2) is 9.59 Å². The van der Waals surface area contributed by atoms with Crippen molar-refractivity contribution >= 4 is 23.6 Å². The molecule has 0 saturated carbocycles. The van der Waals surface area contributed by atoms with Gasteiger partial charge in [0.2, 0.25) is 0 Å². The highest BCUT2D eigenvalue weighted by Gasteiger charge is 2.39. The molecular weight excluding hydrogens is 384 g/mol. The molecule has 0 radical (unpaired) electrons. The number of carbonyl (C=O) groups excluding carboxylic acids is 3. The van der Waals surface area contributed by atoms with Crippen LogP contribution in [0, 0.1) is 10.1 Å². The molecule has 1 aliphatic heterocycles. The molecule has 29 heavy (non-hydrogen) atoms. The summed E-state index contributed by atoms with van der Waals surface area (Å²) in [4.78, 5) is 47.6. The molecule has 1 aromatic rings. The zero-order chi connectivity index (χ0) is 21.7. The van der Waals surface area contributed by atoms with Gasteiger partial charge in [0.25, 0.3) is 5.69 Å². The summed E-state index contributed by atoms with van der Waals surface area (Å²) >= 11 is 0. The molecule has 1 N–H and O–H groups in total. The summed E-state index contributed by atoms with van der Waals surface area (Å²) in [6, 6.07) is 5.52. The average Bonchev–Trinajstić information content (AvgIpc) is 2.72. The van der Waals surface area contributed by atoms with Gasteiger partial charge >= 0.3 is 17.9 Å². The summed E-state index contributed by atoms with van der Waals surface area (Å²) in [7, 11) is 3.53. The number of nitrogens with one attached hydrogen (secondary N) is 1. The predicted molar refractivity (Wildman–Crippen MR) is 99.4 cm³/mol. The number of nitrogens with zero attached hydrogens (tertiary/aromatic N) is 1. The van der Waals surface area contributed by atoms with Gasteiger partial charge in [-0.2, -0.15) is 0 Å². The maximum atomic E-state index is 12.6. The van der Waals surface area contributed by atoms with Crippen molar-refractivity contribution in [3.8, 4) is 0 Å². The normalized spacial score (nSPS) is 16.1. The zero-order valence-electron chi connectivity index (χ0n) is 16.3. The minimum absolute atomic E-state index is 0.0376. The van der Waals surface area contributed by atoms with Crippen molar-refractivity contribution in [1.82, 2.24) is 5.32 Å². The molecule has 1 aromatic carbocycles. The fraction of sp³-hybridized carbons (Fsp3) is 0.316. The van der Waals surface area contributed by atoms with E-state index in [1.165, 1.54) is 38.5 Å². The van der Waals surface area contributed by atoms with Crippen LogP contribution in [0.2, 0.25) is 0 Å². The first-order valence-electron chi connectivity index (χ1n) is 8.43. The van der Waals surface area contributed by atoms with Crippen molar-refractivity contribution in [2.75, 3.05) is 21.3 Å². The lowest BCUT2D eigenvalue weighted by molar-refractivity contribution is -0.384. The number of hydrogen-bond acceptors (Lipinski definition) is 9. The van der Waals surface area contributed by atoms with Crippen molar-refractivity contribution in [2.45, 2.75) is 19.3 Å². The zero-order valence-corrected chi connectivity index (χ0v) is 16.3. The number of benzene rings is 1. The Hall–Kier alpha value is -3.69. The SMILES string of the molecule is COC(=O)CC1=C(C(=O)OC)[C@@H](c2cccc([N+](=O)[O-])c2)C(C(=O)OC)=C(C)N1. The first kappa shape index (κ1) is 21.6. The lowest BCUT2D eigenvalue weighted by atomic mass is 9.79. The molecule has 0 spiro atoms. The Kier molecular flexibility index (Phi) is 6.71. The Bertz CT molecular complexity index is 932. The molecule has 0 unspecified atom stereocenters. The third-order valence-corrected chi connectivity index (χ3v) is 4.42. The molecule has 0 aliphatic carbocycles. The molecule has 1 heterocycles. The van der Waals surface area contributed by atoms with Crippen LogP contribution in [0.5, 0.6) is 0 Å². The molecule has 2 rings (SSSR count). The Morgan fingerprint density at radius 3 is 2.24 bits per heavy atom. The summed E-state index contributed by atoms with van der Waals surface area (Å²) in [5.74, 6) is -3.21. The van der Waals surface area contributed by atoms with Crippen LogP contribution in [-0.2, 0) is 28.6 Å². The quantitative estimate of drug-likeness (QED) is 0.325. The third kappa shape index (κ3) is 4.42. The second-order valence-electron chi connectivity index (χ2n) is 6.08. The number of nitro benzene ring substituents is 1. The first-order valence-corrected chi connectivity index (χ1v) is 8.43. The van der Waals surface area contributed by atoms with Crippen LogP contribution < -0.4 is 5.32 Å². The number of allylic oxidation sites excluding steroid dienone is 1. The van der Waals surface area contributed by atoms with Crippen molar-refractivity contribution < 1.29 is 33.5 Å². The Morgan fingerprint density at radius 2 is 1.69 bits per heavy atom. The summed E-state index contributed by atoms with van der Waals surface area (Å²) in [6.07, 6.45) is -0.293. The van der Waals surface area contributed by atoms with Crippen molar-refractivity contribution in [3.05, 3.63) is 62.5 Å². The van der Waals surface area contributed by atoms with Gasteiger partial charge in [0.05, 0.1) is 49.7 Å². The number of non-ortho nitro benzene ring substituents is 1. The fourth-order valence-corrected chi connectivity index (χ4v) is 3.14. The van der Waals surface area contributed by atoms with Gasteiger partial charge < -0.3 is 19.5 Å². The molecule has 0 fully saturated rings. The van der Waals surface area contributed by atoms with Gasteiger partial charge in [0.15, 0.2) is 0 Å². The van der Waals surface area contributed by atoms with E-state index >= 15 is 0 Å². The number of nitro groups is 1. The number of esters is 3. The van der Waals surface area contributed by atoms with Crippen LogP contribution in [0.25, 0.3) is 0 Å². The molecule has 0 bridgehead atoms. The van der Waals surface area contributed by atoms with E-state index < -0.39 is 28.7 Å². The standard InChI is InChI=1S/C19H20N2O8/c1-10-15(18(23)28-3)16(11-6-5-7-12(8-11)21(25)26)17(19(24)29-4)13(20-10)9-14(22)27-2/h5-8,16,20H,9H2,1-4H3/t16-/m0/s1. The monoisotopic (exact) mass is 404 g/mol. The second-order valence-corrected chi connectivity index (χ2v) is 6.08. The van der Waals surface area contributed by atoms with E-state index in [4.69, 9.17) is 9.47 Å². The molecule has 10 nitrogen and oxygen atoms in total. The van der Waals surface area contributed by atoms with Crippen LogP contribution in [0.3, 0.4) is 0 Å². The number of hydrogen-bond donors (Lipinski definition) is 1. The first-order chi connectivity index (χ1) is 13.7. The lowest BCUT2D eigenvalue weighted by Crippen LogP contribution is -2.33. The van der Waals surface area contributed by atoms with Crippen LogP contribution in [-0.4, -0.2) is 44.2 Å². The molecule has 1 aliphatic rings. The van der Waals surface area contributed by atoms with E-state index in [9.17, 15) is 24.5 Å².